The summed E-state index contributed by atoms with van der Waals surface area (Å²) in [7, 11) is 1.95. The third-order valence-electron chi connectivity index (χ3n) is 4.09. The van der Waals surface area contributed by atoms with Gasteiger partial charge in [-0.2, -0.15) is 0 Å². The van der Waals surface area contributed by atoms with Gasteiger partial charge in [-0.25, -0.2) is 4.98 Å². The molecule has 1 saturated heterocycles. The number of aromatic nitrogens is 2. The molecule has 2 unspecified atom stereocenters. The molecule has 22 heavy (non-hydrogen) atoms. The number of nitrogens with zero attached hydrogens (tertiary/aromatic N) is 2. The van der Waals surface area contributed by atoms with Crippen LogP contribution in [0.4, 0.5) is 0 Å². The van der Waals surface area contributed by atoms with Gasteiger partial charge in [0.25, 0.3) is 5.91 Å². The number of carbonyl (C=O) groups excluding carboxylic acids is 1. The SMILES string of the molecule is Cc1cc(C(=O)NC2CCOC(c3cncn3C)C2)c(C)o1. The lowest BCUT2D eigenvalue weighted by molar-refractivity contribution is -0.00302. The molecule has 0 radical (unpaired) electrons. The first-order valence-corrected chi connectivity index (χ1v) is 7.50. The van der Waals surface area contributed by atoms with Gasteiger partial charge in [0.05, 0.1) is 23.8 Å². The fraction of sp³-hybridized carbons (Fsp3) is 0.500. The second-order valence-corrected chi connectivity index (χ2v) is 5.81. The minimum absolute atomic E-state index is 0.0290. The van der Waals surface area contributed by atoms with Crippen LogP contribution in [0.15, 0.2) is 23.0 Å². The zero-order chi connectivity index (χ0) is 15.7. The molecule has 6 nitrogen and oxygen atoms in total. The highest BCUT2D eigenvalue weighted by atomic mass is 16.5. The summed E-state index contributed by atoms with van der Waals surface area (Å²) in [6.07, 6.45) is 5.12. The number of imidazole rings is 1. The fourth-order valence-electron chi connectivity index (χ4n) is 2.93. The lowest BCUT2D eigenvalue weighted by Gasteiger charge is -2.30. The van der Waals surface area contributed by atoms with Crippen LogP contribution in [-0.2, 0) is 11.8 Å². The van der Waals surface area contributed by atoms with Gasteiger partial charge in [-0.3, -0.25) is 4.79 Å². The van der Waals surface area contributed by atoms with E-state index in [0.717, 1.165) is 24.3 Å². The Morgan fingerprint density at radius 2 is 2.27 bits per heavy atom. The van der Waals surface area contributed by atoms with E-state index in [4.69, 9.17) is 9.15 Å². The summed E-state index contributed by atoms with van der Waals surface area (Å²) in [4.78, 5) is 16.5. The van der Waals surface area contributed by atoms with Crippen LogP contribution in [0.1, 0.15) is 46.5 Å². The number of ether oxygens (including phenoxy) is 1. The fourth-order valence-corrected chi connectivity index (χ4v) is 2.93. The molecule has 1 aliphatic heterocycles. The first-order chi connectivity index (χ1) is 10.5. The zero-order valence-corrected chi connectivity index (χ0v) is 13.1. The van der Waals surface area contributed by atoms with Crippen molar-refractivity contribution in [2.45, 2.75) is 38.8 Å². The van der Waals surface area contributed by atoms with Crippen LogP contribution in [0.2, 0.25) is 0 Å². The molecule has 2 aromatic heterocycles. The molecule has 6 heteroatoms. The van der Waals surface area contributed by atoms with E-state index in [1.54, 1.807) is 12.4 Å². The maximum absolute atomic E-state index is 12.4. The lowest BCUT2D eigenvalue weighted by Crippen LogP contribution is -2.40. The molecule has 3 rings (SSSR count). The average Bonchev–Trinajstić information content (AvgIpc) is 3.04. The zero-order valence-electron chi connectivity index (χ0n) is 13.1. The van der Waals surface area contributed by atoms with E-state index in [2.05, 4.69) is 10.3 Å². The van der Waals surface area contributed by atoms with E-state index in [1.807, 2.05) is 31.7 Å². The van der Waals surface area contributed by atoms with E-state index in [0.29, 0.717) is 17.9 Å². The summed E-state index contributed by atoms with van der Waals surface area (Å²) in [5.41, 5.74) is 1.65. The summed E-state index contributed by atoms with van der Waals surface area (Å²) >= 11 is 0. The van der Waals surface area contributed by atoms with Gasteiger partial charge >= 0.3 is 0 Å². The van der Waals surface area contributed by atoms with Gasteiger partial charge in [0.15, 0.2) is 0 Å². The van der Waals surface area contributed by atoms with E-state index < -0.39 is 0 Å². The molecule has 0 aromatic carbocycles. The van der Waals surface area contributed by atoms with Crippen LogP contribution in [0.3, 0.4) is 0 Å². The second-order valence-electron chi connectivity index (χ2n) is 5.81. The van der Waals surface area contributed by atoms with Crippen LogP contribution < -0.4 is 5.32 Å². The number of furan rings is 1. The van der Waals surface area contributed by atoms with Crippen LogP contribution in [0.5, 0.6) is 0 Å². The van der Waals surface area contributed by atoms with Gasteiger partial charge in [-0.05, 0) is 32.8 Å². The summed E-state index contributed by atoms with van der Waals surface area (Å²) in [5.74, 6) is 1.33. The second kappa shape index (κ2) is 5.96. The minimum atomic E-state index is -0.0787. The van der Waals surface area contributed by atoms with Crippen LogP contribution in [0.25, 0.3) is 0 Å². The minimum Gasteiger partial charge on any atom is -0.466 e. The third-order valence-corrected chi connectivity index (χ3v) is 4.09. The van der Waals surface area contributed by atoms with Gasteiger partial charge in [0, 0.05) is 19.7 Å². The first-order valence-electron chi connectivity index (χ1n) is 7.50. The van der Waals surface area contributed by atoms with Crippen molar-refractivity contribution >= 4 is 5.91 Å². The number of hydrogen-bond donors (Lipinski definition) is 1. The Kier molecular flexibility index (Phi) is 4.02. The molecular weight excluding hydrogens is 282 g/mol. The lowest BCUT2D eigenvalue weighted by atomic mass is 10.0. The molecule has 2 aromatic rings. The van der Waals surface area contributed by atoms with Gasteiger partial charge in [0.1, 0.15) is 17.6 Å². The molecule has 0 aliphatic carbocycles. The Hall–Kier alpha value is -2.08. The van der Waals surface area contributed by atoms with Gasteiger partial charge in [0.2, 0.25) is 0 Å². The topological polar surface area (TPSA) is 69.3 Å². The normalized spacial score (nSPS) is 21.8. The number of aryl methyl sites for hydroxylation is 3. The first kappa shape index (κ1) is 14.8. The molecule has 1 amide bonds. The Balaban J connectivity index is 1.67. The van der Waals surface area contributed by atoms with Crippen LogP contribution >= 0.6 is 0 Å². The maximum atomic E-state index is 12.4. The van der Waals surface area contributed by atoms with Crippen LogP contribution in [0, 0.1) is 13.8 Å². The molecule has 0 spiro atoms. The van der Waals surface area contributed by atoms with Gasteiger partial charge in [-0.15, -0.1) is 0 Å². The molecule has 1 N–H and O–H groups in total. The molecule has 3 heterocycles. The van der Waals surface area contributed by atoms with Crippen molar-refractivity contribution in [2.24, 2.45) is 7.05 Å². The van der Waals surface area contributed by atoms with Crippen molar-refractivity contribution in [2.75, 3.05) is 6.61 Å². The standard InChI is InChI=1S/C16H21N3O3/c1-10-6-13(11(2)22-10)16(20)18-12-4-5-21-15(7-12)14-8-17-9-19(14)3/h6,8-9,12,15H,4-5,7H2,1-3H3,(H,18,20). The Bertz CT molecular complexity index is 674. The quantitative estimate of drug-likeness (QED) is 0.944. The van der Waals surface area contributed by atoms with E-state index in [1.165, 1.54) is 0 Å². The van der Waals surface area contributed by atoms with E-state index in [-0.39, 0.29) is 18.1 Å². The molecule has 1 fully saturated rings. The highest BCUT2D eigenvalue weighted by Gasteiger charge is 2.27. The summed E-state index contributed by atoms with van der Waals surface area (Å²) < 4.78 is 13.2. The monoisotopic (exact) mass is 303 g/mol. The average molecular weight is 303 g/mol. The summed E-state index contributed by atoms with van der Waals surface area (Å²) in [6, 6.07) is 1.87. The van der Waals surface area contributed by atoms with Crippen molar-refractivity contribution in [3.63, 3.8) is 0 Å². The smallest absolute Gasteiger partial charge is 0.255 e. The highest BCUT2D eigenvalue weighted by molar-refractivity contribution is 5.95. The number of amides is 1. The molecule has 2 atom stereocenters. The Morgan fingerprint density at radius 3 is 2.91 bits per heavy atom. The van der Waals surface area contributed by atoms with Gasteiger partial charge < -0.3 is 19.0 Å². The van der Waals surface area contributed by atoms with Crippen LogP contribution in [-0.4, -0.2) is 28.1 Å². The molecule has 118 valence electrons. The molecular formula is C16H21N3O3. The number of rotatable bonds is 3. The molecule has 1 aliphatic rings. The number of hydrogen-bond acceptors (Lipinski definition) is 4. The number of nitrogens with one attached hydrogen (secondary N) is 1. The van der Waals surface area contributed by atoms with Crippen molar-refractivity contribution in [1.82, 2.24) is 14.9 Å². The van der Waals surface area contributed by atoms with E-state index in [9.17, 15) is 4.79 Å². The largest absolute Gasteiger partial charge is 0.466 e. The maximum Gasteiger partial charge on any atom is 0.255 e. The summed E-state index contributed by atoms with van der Waals surface area (Å²) in [5, 5.41) is 3.09. The van der Waals surface area contributed by atoms with Crippen molar-refractivity contribution in [3.05, 3.63) is 41.4 Å². The molecule has 0 saturated carbocycles. The Labute approximate surface area is 129 Å². The number of carbonyl (C=O) groups is 1. The highest BCUT2D eigenvalue weighted by Crippen LogP contribution is 2.28. The van der Waals surface area contributed by atoms with Crippen molar-refractivity contribution in [1.29, 1.82) is 0 Å². The molecule has 0 bridgehead atoms. The third kappa shape index (κ3) is 2.92. The predicted octanol–water partition coefficient (Wildman–Crippen LogP) is 2.28. The van der Waals surface area contributed by atoms with Crippen molar-refractivity contribution < 1.29 is 13.9 Å². The van der Waals surface area contributed by atoms with Crippen molar-refractivity contribution in [3.8, 4) is 0 Å². The van der Waals surface area contributed by atoms with Gasteiger partial charge in [-0.1, -0.05) is 0 Å². The van der Waals surface area contributed by atoms with E-state index >= 15 is 0 Å². The Morgan fingerprint density at radius 1 is 1.45 bits per heavy atom. The predicted molar refractivity (Wildman–Crippen MR) is 80.6 cm³/mol. The summed E-state index contributed by atoms with van der Waals surface area (Å²) in [6.45, 7) is 4.28.